The molecule has 2 aromatic rings. The van der Waals surface area contributed by atoms with Crippen molar-refractivity contribution in [1.29, 1.82) is 0 Å². The van der Waals surface area contributed by atoms with Crippen LogP contribution >= 0.6 is 24.0 Å². The van der Waals surface area contributed by atoms with Crippen LogP contribution in [0.5, 0.6) is 0 Å². The fraction of sp³-hybridized carbons (Fsp3) is 0. The van der Waals surface area contributed by atoms with Crippen LogP contribution in [0.25, 0.3) is 11.0 Å². The second-order valence-electron chi connectivity index (χ2n) is 2.66. The van der Waals surface area contributed by atoms with Crippen LogP contribution in [0.2, 0.25) is 5.02 Å². The maximum atomic E-state index is 8.48. The van der Waals surface area contributed by atoms with E-state index in [-0.39, 0.29) is 18.2 Å². The van der Waals surface area contributed by atoms with E-state index in [1.807, 2.05) is 0 Å². The highest BCUT2D eigenvalue weighted by Gasteiger charge is 2.11. The quantitative estimate of drug-likeness (QED) is 0.350. The molecule has 0 saturated heterocycles. The molecule has 1 aromatic heterocycles. The summed E-state index contributed by atoms with van der Waals surface area (Å²) in [5, 5.41) is 16.2. The molecule has 3 N–H and O–H groups in total. The van der Waals surface area contributed by atoms with Crippen molar-refractivity contribution in [2.75, 3.05) is 0 Å². The molecule has 7 heteroatoms. The fourth-order valence-corrected chi connectivity index (χ4v) is 1.31. The minimum absolute atomic E-state index is 0. The summed E-state index contributed by atoms with van der Waals surface area (Å²) >= 11 is 5.74. The van der Waals surface area contributed by atoms with Crippen molar-refractivity contribution in [2.45, 2.75) is 0 Å². The van der Waals surface area contributed by atoms with E-state index in [9.17, 15) is 0 Å². The highest BCUT2D eigenvalue weighted by atomic mass is 35.5. The summed E-state index contributed by atoms with van der Waals surface area (Å²) < 4.78 is 4.95. The smallest absolute Gasteiger partial charge is 0.192 e. The Kier molecular flexibility index (Phi) is 3.39. The van der Waals surface area contributed by atoms with Crippen LogP contribution < -0.4 is 5.73 Å². The zero-order valence-electron chi connectivity index (χ0n) is 7.35. The number of rotatable bonds is 1. The number of halogens is 2. The SMILES string of the molecule is Cl.NC(=NO)c1noc2cc(Cl)ccc12. The molecular weight excluding hydrogens is 241 g/mol. The Bertz CT molecular complexity index is 510. The van der Waals surface area contributed by atoms with Crippen molar-refractivity contribution in [1.82, 2.24) is 5.16 Å². The van der Waals surface area contributed by atoms with Gasteiger partial charge in [0, 0.05) is 11.1 Å². The average molecular weight is 248 g/mol. The Morgan fingerprint density at radius 2 is 2.27 bits per heavy atom. The zero-order valence-corrected chi connectivity index (χ0v) is 8.92. The lowest BCUT2D eigenvalue weighted by molar-refractivity contribution is 0.318. The Hall–Kier alpha value is -1.46. The van der Waals surface area contributed by atoms with E-state index < -0.39 is 0 Å². The van der Waals surface area contributed by atoms with Gasteiger partial charge in [-0.05, 0) is 12.1 Å². The van der Waals surface area contributed by atoms with E-state index in [4.69, 9.17) is 27.1 Å². The molecule has 0 spiro atoms. The molecule has 0 unspecified atom stereocenters. The molecule has 0 aliphatic rings. The summed E-state index contributed by atoms with van der Waals surface area (Å²) in [7, 11) is 0. The zero-order chi connectivity index (χ0) is 10.1. The molecule has 0 aliphatic carbocycles. The standard InChI is InChI=1S/C8H6ClN3O2.ClH/c9-4-1-2-5-6(3-4)14-12-7(5)8(10)11-13;/h1-3,13H,(H2,10,11);1H. The van der Waals surface area contributed by atoms with Crippen molar-refractivity contribution in [3.63, 3.8) is 0 Å². The topological polar surface area (TPSA) is 84.6 Å². The number of nitrogens with two attached hydrogens (primary N) is 1. The number of amidine groups is 1. The van der Waals surface area contributed by atoms with Crippen LogP contribution in [0.4, 0.5) is 0 Å². The Balaban J connectivity index is 0.00000112. The molecule has 0 aliphatic heterocycles. The normalized spacial score (nSPS) is 11.4. The van der Waals surface area contributed by atoms with Gasteiger partial charge in [-0.2, -0.15) is 0 Å². The summed E-state index contributed by atoms with van der Waals surface area (Å²) in [4.78, 5) is 0. The van der Waals surface area contributed by atoms with Crippen molar-refractivity contribution in [3.8, 4) is 0 Å². The first kappa shape index (κ1) is 11.6. The summed E-state index contributed by atoms with van der Waals surface area (Å²) in [6.07, 6.45) is 0. The van der Waals surface area contributed by atoms with Crippen LogP contribution in [-0.2, 0) is 0 Å². The molecule has 0 bridgehead atoms. The van der Waals surface area contributed by atoms with Gasteiger partial charge in [-0.15, -0.1) is 12.4 Å². The van der Waals surface area contributed by atoms with E-state index in [0.29, 0.717) is 21.7 Å². The predicted octanol–water partition coefficient (Wildman–Crippen LogP) is 2.00. The molecule has 0 amide bonds. The molecule has 15 heavy (non-hydrogen) atoms. The van der Waals surface area contributed by atoms with Crippen molar-refractivity contribution in [2.24, 2.45) is 10.9 Å². The minimum atomic E-state index is -0.0916. The number of hydrogen-bond donors (Lipinski definition) is 2. The van der Waals surface area contributed by atoms with Crippen LogP contribution in [0.15, 0.2) is 27.9 Å². The molecule has 5 nitrogen and oxygen atoms in total. The van der Waals surface area contributed by atoms with E-state index in [1.165, 1.54) is 0 Å². The number of benzene rings is 1. The van der Waals surface area contributed by atoms with Gasteiger partial charge in [0.1, 0.15) is 0 Å². The van der Waals surface area contributed by atoms with E-state index in [0.717, 1.165) is 0 Å². The highest BCUT2D eigenvalue weighted by molar-refractivity contribution is 6.31. The third-order valence-corrected chi connectivity index (χ3v) is 2.02. The third kappa shape index (κ3) is 1.98. The van der Waals surface area contributed by atoms with Crippen LogP contribution in [0.1, 0.15) is 5.69 Å². The largest absolute Gasteiger partial charge is 0.409 e. The highest BCUT2D eigenvalue weighted by Crippen LogP contribution is 2.21. The second kappa shape index (κ2) is 4.37. The lowest BCUT2D eigenvalue weighted by atomic mass is 10.2. The van der Waals surface area contributed by atoms with Gasteiger partial charge < -0.3 is 15.5 Å². The number of hydrogen-bond acceptors (Lipinski definition) is 4. The van der Waals surface area contributed by atoms with Crippen LogP contribution in [-0.4, -0.2) is 16.2 Å². The molecule has 0 saturated carbocycles. The van der Waals surface area contributed by atoms with Gasteiger partial charge >= 0.3 is 0 Å². The predicted molar refractivity (Wildman–Crippen MR) is 58.8 cm³/mol. The third-order valence-electron chi connectivity index (χ3n) is 1.78. The molecule has 0 fully saturated rings. The summed E-state index contributed by atoms with van der Waals surface area (Å²) in [5.41, 5.74) is 6.19. The molecule has 1 aromatic carbocycles. The van der Waals surface area contributed by atoms with Crippen LogP contribution in [0, 0.1) is 0 Å². The molecule has 0 radical (unpaired) electrons. The van der Waals surface area contributed by atoms with Gasteiger partial charge in [-0.1, -0.05) is 21.9 Å². The van der Waals surface area contributed by atoms with Crippen molar-refractivity contribution in [3.05, 3.63) is 28.9 Å². The van der Waals surface area contributed by atoms with E-state index >= 15 is 0 Å². The van der Waals surface area contributed by atoms with Crippen molar-refractivity contribution < 1.29 is 9.73 Å². The fourth-order valence-electron chi connectivity index (χ4n) is 1.14. The number of nitrogens with zero attached hydrogens (tertiary/aromatic N) is 2. The van der Waals surface area contributed by atoms with Gasteiger partial charge in [0.25, 0.3) is 0 Å². The maximum Gasteiger partial charge on any atom is 0.192 e. The van der Waals surface area contributed by atoms with Gasteiger partial charge in [0.05, 0.1) is 5.39 Å². The number of aromatic nitrogens is 1. The summed E-state index contributed by atoms with van der Waals surface area (Å²) in [6.45, 7) is 0. The van der Waals surface area contributed by atoms with E-state index in [2.05, 4.69) is 10.3 Å². The first-order valence-electron chi connectivity index (χ1n) is 3.75. The first-order chi connectivity index (χ1) is 6.72. The van der Waals surface area contributed by atoms with Gasteiger partial charge in [-0.3, -0.25) is 0 Å². The summed E-state index contributed by atoms with van der Waals surface area (Å²) in [6, 6.07) is 4.98. The Labute approximate surface area is 95.9 Å². The molecule has 0 atom stereocenters. The minimum Gasteiger partial charge on any atom is -0.409 e. The van der Waals surface area contributed by atoms with Gasteiger partial charge in [0.15, 0.2) is 17.1 Å². The Morgan fingerprint density at radius 3 is 2.93 bits per heavy atom. The van der Waals surface area contributed by atoms with Crippen molar-refractivity contribution >= 4 is 40.8 Å². The molecule has 2 rings (SSSR count). The molecule has 1 heterocycles. The first-order valence-corrected chi connectivity index (χ1v) is 4.13. The number of oxime groups is 1. The molecular formula is C8H7Cl2N3O2. The van der Waals surface area contributed by atoms with Gasteiger partial charge in [0.2, 0.25) is 0 Å². The second-order valence-corrected chi connectivity index (χ2v) is 3.09. The summed E-state index contributed by atoms with van der Waals surface area (Å²) in [5.74, 6) is -0.0916. The molecule has 80 valence electrons. The lowest BCUT2D eigenvalue weighted by Gasteiger charge is -1.91. The lowest BCUT2D eigenvalue weighted by Crippen LogP contribution is -2.13. The maximum absolute atomic E-state index is 8.48. The van der Waals surface area contributed by atoms with Gasteiger partial charge in [-0.25, -0.2) is 0 Å². The monoisotopic (exact) mass is 247 g/mol. The number of fused-ring (bicyclic) bond motifs is 1. The van der Waals surface area contributed by atoms with Crippen LogP contribution in [0.3, 0.4) is 0 Å². The van der Waals surface area contributed by atoms with E-state index in [1.54, 1.807) is 18.2 Å². The Morgan fingerprint density at radius 1 is 1.53 bits per heavy atom. The average Bonchev–Trinajstić information content (AvgIpc) is 2.59.